The van der Waals surface area contributed by atoms with E-state index in [9.17, 15) is 9.59 Å². The third kappa shape index (κ3) is 2.55. The van der Waals surface area contributed by atoms with Crippen molar-refractivity contribution in [3.8, 4) is 5.69 Å². The van der Waals surface area contributed by atoms with Gasteiger partial charge in [-0.1, -0.05) is 30.3 Å². The molecule has 0 saturated carbocycles. The van der Waals surface area contributed by atoms with Gasteiger partial charge in [-0.15, -0.1) is 0 Å². The molecule has 2 aromatic heterocycles. The van der Waals surface area contributed by atoms with Gasteiger partial charge in [0.25, 0.3) is 0 Å². The van der Waals surface area contributed by atoms with E-state index in [1.807, 2.05) is 48.5 Å². The van der Waals surface area contributed by atoms with Crippen LogP contribution in [0.25, 0.3) is 16.8 Å². The molecule has 1 amide bonds. The summed E-state index contributed by atoms with van der Waals surface area (Å²) in [6, 6.07) is 16.9. The maximum absolute atomic E-state index is 12.3. The van der Waals surface area contributed by atoms with E-state index in [2.05, 4.69) is 10.4 Å². The van der Waals surface area contributed by atoms with Gasteiger partial charge in [-0.25, -0.2) is 9.48 Å². The minimum absolute atomic E-state index is 0.0916. The van der Waals surface area contributed by atoms with Crippen LogP contribution in [0.4, 0.5) is 5.82 Å². The molecule has 1 aliphatic rings. The van der Waals surface area contributed by atoms with Gasteiger partial charge in [-0.2, -0.15) is 5.10 Å². The van der Waals surface area contributed by atoms with Crippen LogP contribution < -0.4 is 11.1 Å². The lowest BCUT2D eigenvalue weighted by Gasteiger charge is -2.23. The monoisotopic (exact) mass is 360 g/mol. The van der Waals surface area contributed by atoms with Crippen LogP contribution in [0, 0.1) is 0 Å². The molecule has 0 bridgehead atoms. The second kappa shape index (κ2) is 5.98. The molecule has 0 unspecified atom stereocenters. The number of oxazole rings is 1. The van der Waals surface area contributed by atoms with Crippen molar-refractivity contribution >= 4 is 22.8 Å². The molecule has 2 aromatic carbocycles. The van der Waals surface area contributed by atoms with Crippen LogP contribution in [0.1, 0.15) is 17.9 Å². The molecule has 0 aliphatic carbocycles. The highest BCUT2D eigenvalue weighted by Gasteiger charge is 2.30. The zero-order chi connectivity index (χ0) is 18.4. The number of hydrogen-bond acceptors (Lipinski definition) is 4. The molecule has 1 atom stereocenters. The highest BCUT2D eigenvalue weighted by Crippen LogP contribution is 2.35. The molecular weight excluding hydrogens is 344 g/mol. The van der Waals surface area contributed by atoms with E-state index >= 15 is 0 Å². The van der Waals surface area contributed by atoms with Gasteiger partial charge in [0.2, 0.25) is 5.91 Å². The number of amides is 1. The van der Waals surface area contributed by atoms with Crippen molar-refractivity contribution in [1.29, 1.82) is 0 Å². The third-order valence-electron chi connectivity index (χ3n) is 4.90. The van der Waals surface area contributed by atoms with Gasteiger partial charge in [0, 0.05) is 24.4 Å². The Balaban J connectivity index is 1.58. The van der Waals surface area contributed by atoms with E-state index in [-0.39, 0.29) is 11.8 Å². The average Bonchev–Trinajstić information content (AvgIpc) is 3.24. The lowest BCUT2D eigenvalue weighted by atomic mass is 9.94. The topological polar surface area (TPSA) is 82.1 Å². The zero-order valence-corrected chi connectivity index (χ0v) is 14.3. The van der Waals surface area contributed by atoms with Crippen LogP contribution in [0.15, 0.2) is 70.0 Å². The Bertz CT molecular complexity index is 1200. The largest absolute Gasteiger partial charge is 0.419 e. The number of carbonyl (C=O) groups excluding carboxylic acids is 1. The van der Waals surface area contributed by atoms with E-state index in [1.165, 1.54) is 0 Å². The number of rotatable bonds is 3. The van der Waals surface area contributed by atoms with Crippen molar-refractivity contribution in [2.75, 3.05) is 5.32 Å². The predicted molar refractivity (Wildman–Crippen MR) is 100 cm³/mol. The van der Waals surface area contributed by atoms with E-state index in [0.29, 0.717) is 24.4 Å². The Kier molecular flexibility index (Phi) is 3.46. The fourth-order valence-corrected chi connectivity index (χ4v) is 3.64. The smallest absolute Gasteiger partial charge is 0.408 e. The first-order valence-corrected chi connectivity index (χ1v) is 8.72. The molecule has 134 valence electrons. The molecule has 7 heteroatoms. The Morgan fingerprint density at radius 3 is 2.70 bits per heavy atom. The first-order chi connectivity index (χ1) is 13.2. The molecule has 0 saturated heterocycles. The first kappa shape index (κ1) is 15.6. The number of fused-ring (bicyclic) bond motifs is 2. The van der Waals surface area contributed by atoms with Gasteiger partial charge in [-0.3, -0.25) is 9.36 Å². The zero-order valence-electron chi connectivity index (χ0n) is 14.3. The van der Waals surface area contributed by atoms with Crippen LogP contribution in [0.5, 0.6) is 0 Å². The maximum Gasteiger partial charge on any atom is 0.419 e. The van der Waals surface area contributed by atoms with E-state index in [4.69, 9.17) is 4.42 Å². The van der Waals surface area contributed by atoms with Crippen molar-refractivity contribution in [2.45, 2.75) is 18.9 Å². The standard InChI is InChI=1S/C20H16N4O3/c25-18-10-13(12-23-16-8-4-5-9-17(16)27-20(23)26)15-11-21-24(19(15)22-18)14-6-2-1-3-7-14/h1-9,11,13H,10,12H2,(H,22,25)/t13-/m0/s1. The second-order valence-electron chi connectivity index (χ2n) is 6.59. The SMILES string of the molecule is O=C1C[C@@H](Cn2c(=O)oc3ccccc32)c2cnn(-c3ccccc3)c2N1. The van der Waals surface area contributed by atoms with Crippen molar-refractivity contribution in [3.63, 3.8) is 0 Å². The Morgan fingerprint density at radius 2 is 1.85 bits per heavy atom. The molecular formula is C20H16N4O3. The number of aromatic nitrogens is 3. The Labute approximate surface area is 153 Å². The maximum atomic E-state index is 12.3. The highest BCUT2D eigenvalue weighted by atomic mass is 16.4. The van der Waals surface area contributed by atoms with Crippen LogP contribution in [-0.2, 0) is 11.3 Å². The summed E-state index contributed by atoms with van der Waals surface area (Å²) in [7, 11) is 0. The minimum atomic E-state index is -0.417. The average molecular weight is 360 g/mol. The summed E-state index contributed by atoms with van der Waals surface area (Å²) in [5.74, 6) is -0.0153. The molecule has 0 radical (unpaired) electrons. The quantitative estimate of drug-likeness (QED) is 0.609. The normalized spacial score (nSPS) is 16.3. The second-order valence-corrected chi connectivity index (χ2v) is 6.59. The Hall–Kier alpha value is -3.61. The van der Waals surface area contributed by atoms with Crippen molar-refractivity contribution in [2.24, 2.45) is 0 Å². The van der Waals surface area contributed by atoms with E-state index in [0.717, 1.165) is 16.8 Å². The molecule has 0 spiro atoms. The number of nitrogens with zero attached hydrogens (tertiary/aromatic N) is 3. The van der Waals surface area contributed by atoms with Gasteiger partial charge in [0.05, 0.1) is 17.4 Å². The first-order valence-electron chi connectivity index (χ1n) is 8.72. The third-order valence-corrected chi connectivity index (χ3v) is 4.90. The minimum Gasteiger partial charge on any atom is -0.408 e. The molecule has 27 heavy (non-hydrogen) atoms. The summed E-state index contributed by atoms with van der Waals surface area (Å²) >= 11 is 0. The summed E-state index contributed by atoms with van der Waals surface area (Å²) in [5, 5.41) is 7.38. The molecule has 7 nitrogen and oxygen atoms in total. The molecule has 1 aliphatic heterocycles. The van der Waals surface area contributed by atoms with Crippen molar-refractivity contribution in [1.82, 2.24) is 14.3 Å². The fourth-order valence-electron chi connectivity index (χ4n) is 3.64. The number of anilines is 1. The molecule has 5 rings (SSSR count). The summed E-state index contributed by atoms with van der Waals surface area (Å²) in [6.07, 6.45) is 2.05. The number of carbonyl (C=O) groups is 1. The van der Waals surface area contributed by atoms with Crippen LogP contribution in [0.3, 0.4) is 0 Å². The fraction of sp³-hybridized carbons (Fsp3) is 0.150. The van der Waals surface area contributed by atoms with Gasteiger partial charge in [-0.05, 0) is 24.3 Å². The number of hydrogen-bond donors (Lipinski definition) is 1. The summed E-state index contributed by atoms with van der Waals surface area (Å²) in [5.41, 5.74) is 3.05. The molecule has 0 fully saturated rings. The highest BCUT2D eigenvalue weighted by molar-refractivity contribution is 5.94. The molecule has 3 heterocycles. The van der Waals surface area contributed by atoms with Crippen molar-refractivity contribution < 1.29 is 9.21 Å². The summed E-state index contributed by atoms with van der Waals surface area (Å²) in [6.45, 7) is 0.358. The molecule has 1 N–H and O–H groups in total. The number of benzene rings is 2. The van der Waals surface area contributed by atoms with Gasteiger partial charge in [0.1, 0.15) is 5.82 Å². The van der Waals surface area contributed by atoms with Gasteiger partial charge >= 0.3 is 5.76 Å². The summed E-state index contributed by atoms with van der Waals surface area (Å²) in [4.78, 5) is 24.6. The number of para-hydroxylation sites is 3. The lowest BCUT2D eigenvalue weighted by Crippen LogP contribution is -2.28. The molecule has 4 aromatic rings. The Morgan fingerprint density at radius 1 is 1.07 bits per heavy atom. The van der Waals surface area contributed by atoms with E-state index in [1.54, 1.807) is 21.5 Å². The van der Waals surface area contributed by atoms with Crippen LogP contribution >= 0.6 is 0 Å². The van der Waals surface area contributed by atoms with Crippen molar-refractivity contribution in [3.05, 3.63) is 76.9 Å². The predicted octanol–water partition coefficient (Wildman–Crippen LogP) is 2.91. The summed E-state index contributed by atoms with van der Waals surface area (Å²) < 4.78 is 8.62. The lowest BCUT2D eigenvalue weighted by molar-refractivity contribution is -0.117. The number of nitrogens with one attached hydrogen (secondary N) is 1. The van der Waals surface area contributed by atoms with E-state index < -0.39 is 5.76 Å². The van der Waals surface area contributed by atoms with Crippen LogP contribution in [-0.4, -0.2) is 20.3 Å². The van der Waals surface area contributed by atoms with Gasteiger partial charge < -0.3 is 9.73 Å². The van der Waals surface area contributed by atoms with Crippen LogP contribution in [0.2, 0.25) is 0 Å². The van der Waals surface area contributed by atoms with Gasteiger partial charge in [0.15, 0.2) is 5.58 Å².